The van der Waals surface area contributed by atoms with Gasteiger partial charge in [-0.15, -0.1) is 0 Å². The van der Waals surface area contributed by atoms with Gasteiger partial charge in [0, 0.05) is 0 Å². The molecule has 130 valence electrons. The van der Waals surface area contributed by atoms with Gasteiger partial charge in [-0.1, -0.05) is 66.7 Å². The average Bonchev–Trinajstić information content (AvgIpc) is 2.72. The SMILES string of the molecule is C=[P+](C([I+]c1ccccc1)=C(O)OCc1ccccc1)c1ccccc1. The van der Waals surface area contributed by atoms with Gasteiger partial charge in [-0.3, -0.25) is 0 Å². The Kier molecular flexibility index (Phi) is 6.87. The van der Waals surface area contributed by atoms with E-state index < -0.39 is 28.8 Å². The standard InChI is InChI=1S/C22H19IO2P/c1-26(20-15-9-4-10-16-20)21(23-19-13-7-3-8-14-19)22(24)25-17-18-11-5-2-6-12-18/h2-16H,1,17H2/q+1/p+1. The Morgan fingerprint density at radius 3 is 2.00 bits per heavy atom. The maximum absolute atomic E-state index is 10.7. The molecule has 0 bridgehead atoms. The summed E-state index contributed by atoms with van der Waals surface area (Å²) in [6, 6.07) is 30.3. The van der Waals surface area contributed by atoms with E-state index in [1.54, 1.807) is 0 Å². The molecule has 1 N–H and O–H groups in total. The smallest absolute Gasteiger partial charge is 0.442 e. The van der Waals surface area contributed by atoms with Crippen molar-refractivity contribution in [2.45, 2.75) is 6.61 Å². The van der Waals surface area contributed by atoms with Crippen molar-refractivity contribution in [1.82, 2.24) is 0 Å². The zero-order valence-corrected chi connectivity index (χ0v) is 17.3. The summed E-state index contributed by atoms with van der Waals surface area (Å²) >= 11 is -0.557. The second kappa shape index (κ2) is 9.56. The lowest BCUT2D eigenvalue weighted by Gasteiger charge is -2.03. The minimum absolute atomic E-state index is 0.0375. The number of rotatable bonds is 7. The van der Waals surface area contributed by atoms with Crippen molar-refractivity contribution in [1.29, 1.82) is 0 Å². The molecule has 0 amide bonds. The fraction of sp³-hybridized carbons (Fsp3) is 0.0455. The van der Waals surface area contributed by atoms with E-state index in [1.807, 2.05) is 66.7 Å². The Hall–Kier alpha value is -2.10. The maximum Gasteiger partial charge on any atom is 0.442 e. The molecule has 0 saturated carbocycles. The number of halogens is 1. The van der Waals surface area contributed by atoms with Gasteiger partial charge in [-0.05, 0) is 29.8 Å². The van der Waals surface area contributed by atoms with Crippen LogP contribution in [0.4, 0.5) is 0 Å². The molecule has 0 aromatic heterocycles. The van der Waals surface area contributed by atoms with Gasteiger partial charge < -0.3 is 9.84 Å². The van der Waals surface area contributed by atoms with Gasteiger partial charge in [-0.2, -0.15) is 0 Å². The van der Waals surface area contributed by atoms with E-state index in [2.05, 4.69) is 30.6 Å². The summed E-state index contributed by atoms with van der Waals surface area (Å²) in [5.41, 5.74) is 1.03. The molecule has 0 aliphatic carbocycles. The predicted octanol–water partition coefficient (Wildman–Crippen LogP) is 2.09. The van der Waals surface area contributed by atoms with Gasteiger partial charge in [0.15, 0.2) is 8.87 Å². The molecule has 4 heteroatoms. The van der Waals surface area contributed by atoms with Crippen LogP contribution in [0.25, 0.3) is 0 Å². The molecule has 3 aromatic rings. The second-order valence-corrected chi connectivity index (χ2v) is 11.1. The highest BCUT2D eigenvalue weighted by atomic mass is 127. The zero-order valence-electron chi connectivity index (χ0n) is 14.3. The molecule has 0 heterocycles. The van der Waals surface area contributed by atoms with Gasteiger partial charge in [0.1, 0.15) is 6.61 Å². The summed E-state index contributed by atoms with van der Waals surface area (Å²) in [7, 11) is -0.879. The lowest BCUT2D eigenvalue weighted by Crippen LogP contribution is -3.60. The summed E-state index contributed by atoms with van der Waals surface area (Å²) in [5, 5.41) is 11.9. The molecular formula is C22H20IO2P+2. The summed E-state index contributed by atoms with van der Waals surface area (Å²) in [6.45, 7) is 0.354. The average molecular weight is 474 g/mol. The third-order valence-corrected chi connectivity index (χ3v) is 9.85. The van der Waals surface area contributed by atoms with Crippen LogP contribution in [-0.2, 0) is 11.3 Å². The first-order valence-electron chi connectivity index (χ1n) is 8.19. The predicted molar refractivity (Wildman–Crippen MR) is 106 cm³/mol. The quantitative estimate of drug-likeness (QED) is 0.323. The fourth-order valence-corrected chi connectivity index (χ4v) is 7.57. The second-order valence-electron chi connectivity index (χ2n) is 5.52. The molecule has 0 spiro atoms. The zero-order chi connectivity index (χ0) is 18.2. The van der Waals surface area contributed by atoms with Gasteiger partial charge in [-0.25, -0.2) is 0 Å². The summed E-state index contributed by atoms with van der Waals surface area (Å²) < 4.78 is 7.93. The normalized spacial score (nSPS) is 12.2. The lowest BCUT2D eigenvalue weighted by molar-refractivity contribution is -0.568. The molecular weight excluding hydrogens is 454 g/mol. The largest absolute Gasteiger partial charge is 0.475 e. The monoisotopic (exact) mass is 474 g/mol. The van der Waals surface area contributed by atoms with Crippen molar-refractivity contribution in [3.05, 3.63) is 109 Å². The van der Waals surface area contributed by atoms with Crippen molar-refractivity contribution in [2.75, 3.05) is 0 Å². The number of hydrogen-bond acceptors (Lipinski definition) is 2. The molecule has 1 unspecified atom stereocenters. The lowest BCUT2D eigenvalue weighted by atomic mass is 10.2. The van der Waals surface area contributed by atoms with E-state index >= 15 is 0 Å². The van der Waals surface area contributed by atoms with Crippen LogP contribution in [0.3, 0.4) is 0 Å². The first kappa shape index (κ1) is 18.7. The third kappa shape index (κ3) is 5.20. The molecule has 0 aliphatic heterocycles. The Labute approximate surface area is 165 Å². The van der Waals surface area contributed by atoms with Crippen molar-refractivity contribution < 1.29 is 31.0 Å². The molecule has 0 aliphatic rings. The Morgan fingerprint density at radius 1 is 0.846 bits per heavy atom. The van der Waals surface area contributed by atoms with E-state index in [-0.39, 0.29) is 5.95 Å². The summed E-state index contributed by atoms with van der Waals surface area (Å²) in [6.07, 6.45) is 4.38. The van der Waals surface area contributed by atoms with Crippen LogP contribution in [0, 0.1) is 3.57 Å². The number of aliphatic hydroxyl groups excluding tert-OH is 1. The number of ether oxygens (including phenoxy) is 1. The van der Waals surface area contributed by atoms with Crippen LogP contribution < -0.4 is 26.5 Å². The minimum Gasteiger partial charge on any atom is -0.475 e. The van der Waals surface area contributed by atoms with Gasteiger partial charge in [0.05, 0.1) is 6.30 Å². The number of aliphatic hydroxyl groups is 1. The first-order chi connectivity index (χ1) is 12.7. The highest BCUT2D eigenvalue weighted by molar-refractivity contribution is 7.67. The number of benzene rings is 3. The molecule has 0 saturated heterocycles. The van der Waals surface area contributed by atoms with E-state index in [1.165, 1.54) is 3.57 Å². The molecule has 26 heavy (non-hydrogen) atoms. The maximum atomic E-state index is 10.7. The van der Waals surface area contributed by atoms with Crippen LogP contribution in [0.2, 0.25) is 0 Å². The summed E-state index contributed by atoms with van der Waals surface area (Å²) in [4.78, 5) is 0. The molecule has 1 atom stereocenters. The van der Waals surface area contributed by atoms with Crippen LogP contribution >= 0.6 is 7.55 Å². The van der Waals surface area contributed by atoms with Gasteiger partial charge in [0.25, 0.3) is 0 Å². The third-order valence-electron chi connectivity index (χ3n) is 3.63. The minimum atomic E-state index is -0.879. The van der Waals surface area contributed by atoms with E-state index in [0.29, 0.717) is 6.61 Å². The van der Waals surface area contributed by atoms with E-state index in [0.717, 1.165) is 14.2 Å². The van der Waals surface area contributed by atoms with Gasteiger partial charge in [0.2, 0.25) is 7.55 Å². The van der Waals surface area contributed by atoms with Crippen LogP contribution in [0.5, 0.6) is 0 Å². The van der Waals surface area contributed by atoms with Crippen molar-refractivity contribution in [2.24, 2.45) is 0 Å². The van der Waals surface area contributed by atoms with Crippen molar-refractivity contribution in [3.63, 3.8) is 0 Å². The van der Waals surface area contributed by atoms with Crippen LogP contribution in [0.1, 0.15) is 5.56 Å². The topological polar surface area (TPSA) is 29.5 Å². The fourth-order valence-electron chi connectivity index (χ4n) is 2.29. The Bertz CT molecular complexity index is 878. The van der Waals surface area contributed by atoms with E-state index in [9.17, 15) is 5.11 Å². The van der Waals surface area contributed by atoms with Crippen LogP contribution in [0.15, 0.2) is 100 Å². The first-order valence-corrected chi connectivity index (χ1v) is 11.9. The highest BCUT2D eigenvalue weighted by Gasteiger charge is 2.39. The molecule has 0 radical (unpaired) electrons. The van der Waals surface area contributed by atoms with Gasteiger partial charge >= 0.3 is 30.5 Å². The molecule has 0 fully saturated rings. The Balaban J connectivity index is 1.87. The summed E-state index contributed by atoms with van der Waals surface area (Å²) in [5.74, 6) is 0.0375. The Morgan fingerprint density at radius 2 is 1.38 bits per heavy atom. The molecule has 2 nitrogen and oxygen atoms in total. The van der Waals surface area contributed by atoms with Crippen LogP contribution in [-0.4, -0.2) is 11.4 Å². The van der Waals surface area contributed by atoms with Crippen molar-refractivity contribution in [3.8, 4) is 0 Å². The van der Waals surface area contributed by atoms with E-state index in [4.69, 9.17) is 4.74 Å². The molecule has 3 aromatic carbocycles. The molecule has 3 rings (SSSR count). The highest BCUT2D eigenvalue weighted by Crippen LogP contribution is 2.27. The number of hydrogen-bond donors (Lipinski definition) is 1. The van der Waals surface area contributed by atoms with Crippen molar-refractivity contribution >= 4 is 19.1 Å².